The van der Waals surface area contributed by atoms with Crippen molar-refractivity contribution in [1.82, 2.24) is 5.43 Å². The standard InChI is InChI=1S/C19H18N4O2/c1-13-6-5-8-15(10-13)19(25)23-22-14(2)11-18(24)21-17-9-4-3-7-16(17)12-20/h3-10H,11H2,1-2H3,(H,21,24)(H,23,25)/b22-14+. The molecule has 25 heavy (non-hydrogen) atoms. The second-order valence-electron chi connectivity index (χ2n) is 5.54. The van der Waals surface area contributed by atoms with Crippen LogP contribution in [-0.2, 0) is 4.79 Å². The predicted octanol–water partition coefficient (Wildman–Crippen LogP) is 3.00. The van der Waals surface area contributed by atoms with Gasteiger partial charge in [-0.05, 0) is 38.1 Å². The van der Waals surface area contributed by atoms with Crippen LogP contribution in [0.3, 0.4) is 0 Å². The highest BCUT2D eigenvalue weighted by atomic mass is 16.2. The van der Waals surface area contributed by atoms with E-state index in [1.165, 1.54) is 0 Å². The molecule has 0 unspecified atom stereocenters. The Labute approximate surface area is 146 Å². The van der Waals surface area contributed by atoms with E-state index >= 15 is 0 Å². The first kappa shape index (κ1) is 17.9. The van der Waals surface area contributed by atoms with Crippen molar-refractivity contribution in [3.8, 4) is 6.07 Å². The van der Waals surface area contributed by atoms with E-state index in [-0.39, 0.29) is 18.2 Å². The third kappa shape index (κ3) is 5.29. The van der Waals surface area contributed by atoms with Gasteiger partial charge in [-0.3, -0.25) is 9.59 Å². The molecule has 2 amide bonds. The number of anilines is 1. The first-order valence-corrected chi connectivity index (χ1v) is 7.68. The molecule has 2 aromatic carbocycles. The van der Waals surface area contributed by atoms with Crippen LogP contribution in [0.2, 0.25) is 0 Å². The van der Waals surface area contributed by atoms with E-state index in [1.807, 2.05) is 19.1 Å². The summed E-state index contributed by atoms with van der Waals surface area (Å²) in [6.45, 7) is 3.54. The maximum atomic E-state index is 12.0. The van der Waals surface area contributed by atoms with Crippen molar-refractivity contribution in [1.29, 1.82) is 5.26 Å². The maximum absolute atomic E-state index is 12.0. The molecular formula is C19H18N4O2. The van der Waals surface area contributed by atoms with E-state index in [0.29, 0.717) is 22.5 Å². The van der Waals surface area contributed by atoms with Gasteiger partial charge in [-0.2, -0.15) is 10.4 Å². The minimum absolute atomic E-state index is 0.00780. The van der Waals surface area contributed by atoms with Crippen molar-refractivity contribution in [3.63, 3.8) is 0 Å². The van der Waals surface area contributed by atoms with E-state index in [2.05, 4.69) is 15.8 Å². The minimum Gasteiger partial charge on any atom is -0.325 e. The van der Waals surface area contributed by atoms with Crippen LogP contribution in [-0.4, -0.2) is 17.5 Å². The van der Waals surface area contributed by atoms with E-state index in [1.54, 1.807) is 49.4 Å². The quantitative estimate of drug-likeness (QED) is 0.650. The summed E-state index contributed by atoms with van der Waals surface area (Å²) in [6.07, 6.45) is 0.00780. The Kier molecular flexibility index (Phi) is 6.02. The van der Waals surface area contributed by atoms with Crippen LogP contribution in [0, 0.1) is 18.3 Å². The second kappa shape index (κ2) is 8.41. The van der Waals surface area contributed by atoms with Crippen molar-refractivity contribution < 1.29 is 9.59 Å². The normalized spacial score (nSPS) is 10.7. The number of hydrazone groups is 1. The largest absolute Gasteiger partial charge is 0.325 e. The third-order valence-corrected chi connectivity index (χ3v) is 3.37. The Balaban J connectivity index is 1.93. The van der Waals surface area contributed by atoms with Gasteiger partial charge < -0.3 is 5.32 Å². The Bertz CT molecular complexity index is 866. The van der Waals surface area contributed by atoms with Gasteiger partial charge in [0, 0.05) is 11.3 Å². The summed E-state index contributed by atoms with van der Waals surface area (Å²) in [4.78, 5) is 24.0. The molecule has 0 aliphatic heterocycles. The lowest BCUT2D eigenvalue weighted by atomic mass is 10.1. The highest BCUT2D eigenvalue weighted by Gasteiger charge is 2.09. The second-order valence-corrected chi connectivity index (χ2v) is 5.54. The summed E-state index contributed by atoms with van der Waals surface area (Å²) in [6, 6.07) is 15.9. The molecule has 2 N–H and O–H groups in total. The first-order chi connectivity index (χ1) is 12.0. The van der Waals surface area contributed by atoms with Crippen LogP contribution >= 0.6 is 0 Å². The number of rotatable bonds is 5. The third-order valence-electron chi connectivity index (χ3n) is 3.37. The summed E-state index contributed by atoms with van der Waals surface area (Å²) < 4.78 is 0. The molecule has 0 spiro atoms. The molecule has 0 aliphatic rings. The van der Waals surface area contributed by atoms with Gasteiger partial charge in [0.15, 0.2) is 0 Å². The number of aryl methyl sites for hydroxylation is 1. The molecule has 0 bridgehead atoms. The van der Waals surface area contributed by atoms with Gasteiger partial charge in [-0.15, -0.1) is 0 Å². The summed E-state index contributed by atoms with van der Waals surface area (Å²) >= 11 is 0. The topological polar surface area (TPSA) is 94.3 Å². The fourth-order valence-corrected chi connectivity index (χ4v) is 2.15. The molecule has 2 aromatic rings. The van der Waals surface area contributed by atoms with Crippen LogP contribution in [0.25, 0.3) is 0 Å². The fraction of sp³-hybridized carbons (Fsp3) is 0.158. The summed E-state index contributed by atoms with van der Waals surface area (Å²) in [5.74, 6) is -0.646. The Morgan fingerprint density at radius 3 is 2.64 bits per heavy atom. The van der Waals surface area contributed by atoms with Gasteiger partial charge in [-0.25, -0.2) is 5.43 Å². The van der Waals surface area contributed by atoms with Gasteiger partial charge in [-0.1, -0.05) is 29.8 Å². The van der Waals surface area contributed by atoms with Crippen LogP contribution < -0.4 is 10.7 Å². The van der Waals surface area contributed by atoms with E-state index in [4.69, 9.17) is 5.26 Å². The molecule has 0 atom stereocenters. The molecular weight excluding hydrogens is 316 g/mol. The van der Waals surface area contributed by atoms with E-state index < -0.39 is 0 Å². The van der Waals surface area contributed by atoms with Crippen LogP contribution in [0.15, 0.2) is 53.6 Å². The molecule has 126 valence electrons. The van der Waals surface area contributed by atoms with Gasteiger partial charge in [0.25, 0.3) is 5.91 Å². The summed E-state index contributed by atoms with van der Waals surface area (Å²) in [5, 5.41) is 15.6. The minimum atomic E-state index is -0.335. The highest BCUT2D eigenvalue weighted by Crippen LogP contribution is 2.13. The molecule has 0 fully saturated rings. The van der Waals surface area contributed by atoms with Gasteiger partial charge in [0.2, 0.25) is 5.91 Å². The molecule has 0 radical (unpaired) electrons. The van der Waals surface area contributed by atoms with E-state index in [0.717, 1.165) is 5.56 Å². The predicted molar refractivity (Wildman–Crippen MR) is 96.2 cm³/mol. The molecule has 0 saturated heterocycles. The number of hydrogen-bond donors (Lipinski definition) is 2. The van der Waals surface area contributed by atoms with Gasteiger partial charge in [0.1, 0.15) is 6.07 Å². The van der Waals surface area contributed by atoms with Crippen molar-refractivity contribution in [2.75, 3.05) is 5.32 Å². The number of nitrogens with zero attached hydrogens (tertiary/aromatic N) is 2. The zero-order valence-corrected chi connectivity index (χ0v) is 14.0. The Morgan fingerprint density at radius 1 is 1.16 bits per heavy atom. The number of amides is 2. The van der Waals surface area contributed by atoms with Crippen LogP contribution in [0.4, 0.5) is 5.69 Å². The molecule has 0 aromatic heterocycles. The number of para-hydroxylation sites is 1. The Hall–Kier alpha value is -3.46. The molecule has 0 saturated carbocycles. The van der Waals surface area contributed by atoms with Crippen molar-refractivity contribution in [2.24, 2.45) is 5.10 Å². The fourth-order valence-electron chi connectivity index (χ4n) is 2.15. The summed E-state index contributed by atoms with van der Waals surface area (Å²) in [5.41, 5.74) is 5.20. The number of nitriles is 1. The summed E-state index contributed by atoms with van der Waals surface area (Å²) in [7, 11) is 0. The lowest BCUT2D eigenvalue weighted by Crippen LogP contribution is -2.21. The smallest absolute Gasteiger partial charge is 0.271 e. The lowest BCUT2D eigenvalue weighted by molar-refractivity contribution is -0.115. The monoisotopic (exact) mass is 334 g/mol. The molecule has 6 heteroatoms. The number of benzene rings is 2. The number of nitrogens with one attached hydrogen (secondary N) is 2. The average Bonchev–Trinajstić information content (AvgIpc) is 2.60. The Morgan fingerprint density at radius 2 is 1.92 bits per heavy atom. The van der Waals surface area contributed by atoms with Gasteiger partial charge in [0.05, 0.1) is 17.7 Å². The van der Waals surface area contributed by atoms with Crippen molar-refractivity contribution in [3.05, 3.63) is 65.2 Å². The van der Waals surface area contributed by atoms with Crippen LogP contribution in [0.1, 0.15) is 34.8 Å². The number of carbonyl (C=O) groups is 2. The van der Waals surface area contributed by atoms with Crippen molar-refractivity contribution in [2.45, 2.75) is 20.3 Å². The highest BCUT2D eigenvalue weighted by molar-refractivity contribution is 6.06. The zero-order valence-electron chi connectivity index (χ0n) is 14.0. The zero-order chi connectivity index (χ0) is 18.2. The first-order valence-electron chi connectivity index (χ1n) is 7.68. The number of carbonyl (C=O) groups excluding carboxylic acids is 2. The van der Waals surface area contributed by atoms with Crippen molar-refractivity contribution >= 4 is 23.2 Å². The average molecular weight is 334 g/mol. The maximum Gasteiger partial charge on any atom is 0.271 e. The molecule has 0 heterocycles. The SMILES string of the molecule is C/C(CC(=O)Nc1ccccc1C#N)=N\NC(=O)c1cccc(C)c1. The van der Waals surface area contributed by atoms with Gasteiger partial charge >= 0.3 is 0 Å². The van der Waals surface area contributed by atoms with E-state index in [9.17, 15) is 9.59 Å². The van der Waals surface area contributed by atoms with Crippen LogP contribution in [0.5, 0.6) is 0 Å². The lowest BCUT2D eigenvalue weighted by Gasteiger charge is -2.07. The number of hydrogen-bond acceptors (Lipinski definition) is 4. The molecule has 0 aliphatic carbocycles. The molecule has 2 rings (SSSR count). The molecule has 6 nitrogen and oxygen atoms in total.